The van der Waals surface area contributed by atoms with Crippen LogP contribution in [0.1, 0.15) is 5.56 Å². The Balaban J connectivity index is 0.00000225. The zero-order valence-electron chi connectivity index (χ0n) is 13.3. The van der Waals surface area contributed by atoms with E-state index in [1.165, 1.54) is 12.1 Å². The van der Waals surface area contributed by atoms with Crippen LogP contribution in [0.5, 0.6) is 5.75 Å². The number of phenols is 1. The van der Waals surface area contributed by atoms with Gasteiger partial charge in [-0.25, -0.2) is 4.98 Å². The van der Waals surface area contributed by atoms with Gasteiger partial charge in [0.15, 0.2) is 11.6 Å². The van der Waals surface area contributed by atoms with Gasteiger partial charge in [-0.1, -0.05) is 30.3 Å². The Kier molecular flexibility index (Phi) is 5.12. The first-order valence-corrected chi connectivity index (χ1v) is 8.37. The minimum Gasteiger partial charge on any atom is -0.505 e. The van der Waals surface area contributed by atoms with Crippen LogP contribution in [-0.2, 0) is 10.1 Å². The van der Waals surface area contributed by atoms with E-state index in [1.54, 1.807) is 37.4 Å². The number of azo groups is 1. The molecular formula is C16H16N4O4S. The second kappa shape index (κ2) is 6.93. The molecule has 0 fully saturated rings. The Morgan fingerprint density at radius 2 is 1.72 bits per heavy atom. The summed E-state index contributed by atoms with van der Waals surface area (Å²) >= 11 is 0. The standard InChI is InChI=1S/C16H13N3O4S.H3N/c1-10-5-4-8-17-16(10)19-18-13-9-14(24(21,22)23)11-6-2-3-7-12(11)15(13)20;/h2-9,20H,1H3,(H,21,22,23);1H3. The molecule has 0 aliphatic heterocycles. The second-order valence-corrected chi connectivity index (χ2v) is 6.50. The summed E-state index contributed by atoms with van der Waals surface area (Å²) < 4.78 is 32.7. The lowest BCUT2D eigenvalue weighted by molar-refractivity contribution is 0.480. The second-order valence-electron chi connectivity index (χ2n) is 5.11. The zero-order chi connectivity index (χ0) is 17.3. The van der Waals surface area contributed by atoms with Gasteiger partial charge in [-0.05, 0) is 24.6 Å². The van der Waals surface area contributed by atoms with Crippen LogP contribution in [0, 0.1) is 6.92 Å². The van der Waals surface area contributed by atoms with Crippen LogP contribution in [-0.4, -0.2) is 23.1 Å². The van der Waals surface area contributed by atoms with E-state index < -0.39 is 10.1 Å². The van der Waals surface area contributed by atoms with Crippen LogP contribution < -0.4 is 6.15 Å². The van der Waals surface area contributed by atoms with Crippen LogP contribution in [0.3, 0.4) is 0 Å². The van der Waals surface area contributed by atoms with E-state index in [9.17, 15) is 18.1 Å². The molecule has 130 valence electrons. The quantitative estimate of drug-likeness (QED) is 0.473. The zero-order valence-corrected chi connectivity index (χ0v) is 14.1. The predicted molar refractivity (Wildman–Crippen MR) is 93.6 cm³/mol. The van der Waals surface area contributed by atoms with E-state index in [0.717, 1.165) is 11.6 Å². The van der Waals surface area contributed by atoms with E-state index in [4.69, 9.17) is 0 Å². The molecule has 3 rings (SSSR count). The van der Waals surface area contributed by atoms with Gasteiger partial charge >= 0.3 is 0 Å². The monoisotopic (exact) mass is 360 g/mol. The molecule has 0 saturated carbocycles. The Morgan fingerprint density at radius 3 is 2.36 bits per heavy atom. The summed E-state index contributed by atoms with van der Waals surface area (Å²) in [6, 6.07) is 10.9. The van der Waals surface area contributed by atoms with Crippen LogP contribution >= 0.6 is 0 Å². The van der Waals surface area contributed by atoms with E-state index in [2.05, 4.69) is 15.2 Å². The molecule has 1 heterocycles. The molecule has 0 unspecified atom stereocenters. The van der Waals surface area contributed by atoms with E-state index >= 15 is 0 Å². The third-order valence-corrected chi connectivity index (χ3v) is 4.36. The molecule has 0 aliphatic rings. The molecule has 0 amide bonds. The molecule has 2 aromatic carbocycles. The van der Waals surface area contributed by atoms with Crippen molar-refractivity contribution in [3.63, 3.8) is 0 Å². The van der Waals surface area contributed by atoms with E-state index in [0.29, 0.717) is 5.82 Å². The van der Waals surface area contributed by atoms with Gasteiger partial charge in [-0.15, -0.1) is 10.2 Å². The van der Waals surface area contributed by atoms with Gasteiger partial charge in [-0.2, -0.15) is 8.42 Å². The lowest BCUT2D eigenvalue weighted by Crippen LogP contribution is -1.99. The minimum atomic E-state index is -4.49. The Labute approximate surface area is 144 Å². The summed E-state index contributed by atoms with van der Waals surface area (Å²) in [5.41, 5.74) is 0.697. The van der Waals surface area contributed by atoms with Crippen molar-refractivity contribution in [3.05, 3.63) is 54.2 Å². The molecule has 9 heteroatoms. The van der Waals surface area contributed by atoms with Crippen LogP contribution in [0.15, 0.2) is 63.8 Å². The number of fused-ring (bicyclic) bond motifs is 1. The van der Waals surface area contributed by atoms with Crippen LogP contribution in [0.4, 0.5) is 11.5 Å². The number of rotatable bonds is 3. The molecule has 25 heavy (non-hydrogen) atoms. The normalized spacial score (nSPS) is 11.6. The highest BCUT2D eigenvalue weighted by Gasteiger charge is 2.19. The molecule has 5 N–H and O–H groups in total. The number of hydrogen-bond donors (Lipinski definition) is 3. The number of phenolic OH excluding ortho intramolecular Hbond substituents is 1. The highest BCUT2D eigenvalue weighted by atomic mass is 32.2. The lowest BCUT2D eigenvalue weighted by atomic mass is 10.1. The van der Waals surface area contributed by atoms with Gasteiger partial charge < -0.3 is 11.3 Å². The fourth-order valence-electron chi connectivity index (χ4n) is 2.29. The number of aryl methyl sites for hydroxylation is 1. The van der Waals surface area contributed by atoms with Crippen molar-refractivity contribution >= 4 is 32.4 Å². The number of nitrogens with zero attached hydrogens (tertiary/aromatic N) is 3. The molecule has 0 saturated heterocycles. The molecule has 0 radical (unpaired) electrons. The summed E-state index contributed by atoms with van der Waals surface area (Å²) in [5, 5.41) is 18.6. The maximum atomic E-state index is 11.6. The van der Waals surface area contributed by atoms with Gasteiger partial charge in [0.05, 0.1) is 0 Å². The molecule has 3 aromatic rings. The summed E-state index contributed by atoms with van der Waals surface area (Å²) in [6.07, 6.45) is 1.55. The number of aromatic nitrogens is 1. The highest BCUT2D eigenvalue weighted by Crippen LogP contribution is 2.39. The SMILES string of the molecule is Cc1cccnc1N=Nc1cc(S(=O)(=O)O)c2ccccc2c1O.N. The van der Waals surface area contributed by atoms with Crippen molar-refractivity contribution < 1.29 is 18.1 Å². The molecule has 0 atom stereocenters. The van der Waals surface area contributed by atoms with E-state index in [1.807, 2.05) is 0 Å². The fourth-order valence-corrected chi connectivity index (χ4v) is 3.00. The molecule has 0 aliphatic carbocycles. The predicted octanol–water partition coefficient (Wildman–Crippen LogP) is 4.07. The number of hydrogen-bond acceptors (Lipinski definition) is 7. The van der Waals surface area contributed by atoms with Gasteiger partial charge in [0.25, 0.3) is 10.1 Å². The summed E-state index contributed by atoms with van der Waals surface area (Å²) in [6.45, 7) is 1.80. The first-order valence-electron chi connectivity index (χ1n) is 6.93. The molecular weight excluding hydrogens is 344 g/mol. The maximum Gasteiger partial charge on any atom is 0.295 e. The first-order chi connectivity index (χ1) is 11.4. The maximum absolute atomic E-state index is 11.6. The van der Waals surface area contributed by atoms with Crippen molar-refractivity contribution in [2.75, 3.05) is 0 Å². The Bertz CT molecular complexity index is 1060. The average molecular weight is 360 g/mol. The molecule has 1 aromatic heterocycles. The van der Waals surface area contributed by atoms with Crippen molar-refractivity contribution in [2.45, 2.75) is 11.8 Å². The topological polar surface area (TPSA) is 147 Å². The van der Waals surface area contributed by atoms with E-state index in [-0.39, 0.29) is 33.3 Å². The fraction of sp³-hybridized carbons (Fsp3) is 0.0625. The number of aromatic hydroxyl groups is 1. The number of benzene rings is 2. The smallest absolute Gasteiger partial charge is 0.295 e. The van der Waals surface area contributed by atoms with Crippen LogP contribution in [0.2, 0.25) is 0 Å². The first kappa shape index (κ1) is 18.5. The van der Waals surface area contributed by atoms with Gasteiger partial charge in [0, 0.05) is 17.0 Å². The summed E-state index contributed by atoms with van der Waals surface area (Å²) in [4.78, 5) is 3.70. The highest BCUT2D eigenvalue weighted by molar-refractivity contribution is 7.86. The third-order valence-electron chi connectivity index (χ3n) is 3.47. The molecule has 8 nitrogen and oxygen atoms in total. The van der Waals surface area contributed by atoms with Crippen molar-refractivity contribution in [2.24, 2.45) is 10.2 Å². The lowest BCUT2D eigenvalue weighted by Gasteiger charge is -2.08. The van der Waals surface area contributed by atoms with Crippen molar-refractivity contribution in [1.82, 2.24) is 11.1 Å². The van der Waals surface area contributed by atoms with Gasteiger partial charge in [-0.3, -0.25) is 4.55 Å². The molecule has 0 bridgehead atoms. The van der Waals surface area contributed by atoms with Gasteiger partial charge in [0.1, 0.15) is 10.6 Å². The van der Waals surface area contributed by atoms with Crippen LogP contribution in [0.25, 0.3) is 10.8 Å². The largest absolute Gasteiger partial charge is 0.505 e. The minimum absolute atomic E-state index is 0. The molecule has 0 spiro atoms. The average Bonchev–Trinajstić information content (AvgIpc) is 2.54. The van der Waals surface area contributed by atoms with Crippen molar-refractivity contribution in [1.29, 1.82) is 0 Å². The summed E-state index contributed by atoms with van der Waals surface area (Å²) in [5.74, 6) is 0.119. The number of pyridine rings is 1. The summed E-state index contributed by atoms with van der Waals surface area (Å²) in [7, 11) is -4.49. The Morgan fingerprint density at radius 1 is 1.04 bits per heavy atom. The Hall–Kier alpha value is -2.88. The van der Waals surface area contributed by atoms with Crippen molar-refractivity contribution in [3.8, 4) is 5.75 Å². The third kappa shape index (κ3) is 3.63. The van der Waals surface area contributed by atoms with Gasteiger partial charge in [0.2, 0.25) is 0 Å².